The van der Waals surface area contributed by atoms with Gasteiger partial charge in [-0.25, -0.2) is 0 Å². The molecule has 2 unspecified atom stereocenters. The van der Waals surface area contributed by atoms with Crippen LogP contribution in [0.3, 0.4) is 0 Å². The minimum absolute atomic E-state index is 0.281. The molecule has 88 valence electrons. The maximum absolute atomic E-state index is 10.3. The first-order chi connectivity index (χ1) is 7.24. The Labute approximate surface area is 96.0 Å². The van der Waals surface area contributed by atoms with E-state index < -0.39 is 5.97 Å². The van der Waals surface area contributed by atoms with E-state index >= 15 is 0 Å². The van der Waals surface area contributed by atoms with Crippen LogP contribution in [0.4, 0.5) is 0 Å². The number of nitrogens with one attached hydrogen (secondary N) is 1. The standard InChI is InChI=1S/C11H21NO2S/c1-15-10-6-3-2-5-9(10)12-8-4-7-11(13)14/h9-10,12H,2-8H2,1H3,(H,13,14). The Balaban J connectivity index is 2.15. The Morgan fingerprint density at radius 1 is 1.47 bits per heavy atom. The summed E-state index contributed by atoms with van der Waals surface area (Å²) in [5.41, 5.74) is 0. The van der Waals surface area contributed by atoms with Crippen molar-refractivity contribution in [2.45, 2.75) is 49.8 Å². The van der Waals surface area contributed by atoms with Crippen molar-refractivity contribution >= 4 is 17.7 Å². The van der Waals surface area contributed by atoms with Gasteiger partial charge in [-0.1, -0.05) is 12.8 Å². The summed E-state index contributed by atoms with van der Waals surface area (Å²) in [6.07, 6.45) is 8.40. The molecular formula is C11H21NO2S. The van der Waals surface area contributed by atoms with Gasteiger partial charge in [-0.05, 0) is 32.1 Å². The maximum Gasteiger partial charge on any atom is 0.303 e. The first kappa shape index (κ1) is 12.8. The average molecular weight is 231 g/mol. The molecule has 1 saturated carbocycles. The molecular weight excluding hydrogens is 210 g/mol. The van der Waals surface area contributed by atoms with E-state index in [0.29, 0.717) is 6.04 Å². The van der Waals surface area contributed by atoms with Crippen LogP contribution < -0.4 is 5.32 Å². The minimum atomic E-state index is -0.693. The molecule has 2 atom stereocenters. The lowest BCUT2D eigenvalue weighted by molar-refractivity contribution is -0.137. The van der Waals surface area contributed by atoms with Crippen molar-refractivity contribution < 1.29 is 9.90 Å². The maximum atomic E-state index is 10.3. The third-order valence-electron chi connectivity index (χ3n) is 2.98. The van der Waals surface area contributed by atoms with E-state index in [0.717, 1.165) is 18.2 Å². The monoisotopic (exact) mass is 231 g/mol. The molecule has 0 saturated heterocycles. The highest BCUT2D eigenvalue weighted by Crippen LogP contribution is 2.26. The van der Waals surface area contributed by atoms with Crippen LogP contribution in [0.25, 0.3) is 0 Å². The highest BCUT2D eigenvalue weighted by atomic mass is 32.2. The van der Waals surface area contributed by atoms with Gasteiger partial charge in [0, 0.05) is 17.7 Å². The number of thioether (sulfide) groups is 1. The summed E-state index contributed by atoms with van der Waals surface area (Å²) in [6, 6.07) is 0.600. The first-order valence-corrected chi connectivity index (χ1v) is 7.01. The number of rotatable bonds is 6. The molecule has 0 spiro atoms. The van der Waals surface area contributed by atoms with Crippen LogP contribution in [0.15, 0.2) is 0 Å². The van der Waals surface area contributed by atoms with E-state index in [1.54, 1.807) is 0 Å². The highest BCUT2D eigenvalue weighted by Gasteiger charge is 2.23. The fourth-order valence-corrected chi connectivity index (χ4v) is 3.10. The van der Waals surface area contributed by atoms with Crippen LogP contribution in [0.1, 0.15) is 38.5 Å². The predicted octanol–water partition coefficient (Wildman–Crippen LogP) is 2.11. The topological polar surface area (TPSA) is 49.3 Å². The van der Waals surface area contributed by atoms with Crippen LogP contribution in [0.2, 0.25) is 0 Å². The molecule has 0 bridgehead atoms. The van der Waals surface area contributed by atoms with Crippen molar-refractivity contribution in [1.29, 1.82) is 0 Å². The smallest absolute Gasteiger partial charge is 0.303 e. The van der Waals surface area contributed by atoms with E-state index in [1.165, 1.54) is 25.7 Å². The molecule has 4 heteroatoms. The van der Waals surface area contributed by atoms with Crippen LogP contribution >= 0.6 is 11.8 Å². The second-order valence-electron chi connectivity index (χ2n) is 4.12. The zero-order valence-electron chi connectivity index (χ0n) is 9.37. The van der Waals surface area contributed by atoms with E-state index in [2.05, 4.69) is 11.6 Å². The summed E-state index contributed by atoms with van der Waals surface area (Å²) in [4.78, 5) is 10.3. The van der Waals surface area contributed by atoms with E-state index in [9.17, 15) is 4.79 Å². The van der Waals surface area contributed by atoms with Gasteiger partial charge in [-0.2, -0.15) is 11.8 Å². The van der Waals surface area contributed by atoms with Crippen molar-refractivity contribution in [3.8, 4) is 0 Å². The second-order valence-corrected chi connectivity index (χ2v) is 5.19. The predicted molar refractivity (Wildman–Crippen MR) is 64.4 cm³/mol. The molecule has 0 aromatic heterocycles. The Morgan fingerprint density at radius 3 is 2.87 bits per heavy atom. The van der Waals surface area contributed by atoms with Gasteiger partial charge in [-0.3, -0.25) is 4.79 Å². The fourth-order valence-electron chi connectivity index (χ4n) is 2.14. The van der Waals surface area contributed by atoms with Gasteiger partial charge in [0.25, 0.3) is 0 Å². The summed E-state index contributed by atoms with van der Waals surface area (Å²) in [6.45, 7) is 0.841. The number of carboxylic acids is 1. The lowest BCUT2D eigenvalue weighted by Crippen LogP contribution is -2.40. The van der Waals surface area contributed by atoms with E-state index in [-0.39, 0.29) is 6.42 Å². The van der Waals surface area contributed by atoms with Crippen molar-refractivity contribution in [1.82, 2.24) is 5.32 Å². The molecule has 1 fully saturated rings. The Bertz CT molecular complexity index is 199. The molecule has 1 rings (SSSR count). The molecule has 1 aliphatic rings. The van der Waals surface area contributed by atoms with Gasteiger partial charge >= 0.3 is 5.97 Å². The number of hydrogen-bond acceptors (Lipinski definition) is 3. The summed E-state index contributed by atoms with van der Waals surface area (Å²) < 4.78 is 0. The summed E-state index contributed by atoms with van der Waals surface area (Å²) in [5.74, 6) is -0.693. The molecule has 0 aromatic carbocycles. The van der Waals surface area contributed by atoms with Gasteiger partial charge in [0.1, 0.15) is 0 Å². The van der Waals surface area contributed by atoms with Crippen LogP contribution in [0.5, 0.6) is 0 Å². The van der Waals surface area contributed by atoms with Crippen LogP contribution in [-0.2, 0) is 4.79 Å². The molecule has 0 radical (unpaired) electrons. The molecule has 1 aliphatic carbocycles. The Kier molecular flexibility index (Phi) is 6.10. The van der Waals surface area contributed by atoms with E-state index in [4.69, 9.17) is 5.11 Å². The first-order valence-electron chi connectivity index (χ1n) is 5.72. The van der Waals surface area contributed by atoms with Crippen molar-refractivity contribution in [2.24, 2.45) is 0 Å². The van der Waals surface area contributed by atoms with Gasteiger partial charge in [0.2, 0.25) is 0 Å². The molecule has 0 aromatic rings. The molecule has 2 N–H and O–H groups in total. The number of carbonyl (C=O) groups is 1. The zero-order chi connectivity index (χ0) is 11.1. The third-order valence-corrected chi connectivity index (χ3v) is 4.15. The summed E-state index contributed by atoms with van der Waals surface area (Å²) in [7, 11) is 0. The van der Waals surface area contributed by atoms with Crippen molar-refractivity contribution in [3.05, 3.63) is 0 Å². The Hall–Kier alpha value is -0.220. The SMILES string of the molecule is CSC1CCCCC1NCCCC(=O)O. The van der Waals surface area contributed by atoms with Gasteiger partial charge in [-0.15, -0.1) is 0 Å². The van der Waals surface area contributed by atoms with Gasteiger partial charge in [0.05, 0.1) is 0 Å². The molecule has 0 heterocycles. The van der Waals surface area contributed by atoms with Crippen molar-refractivity contribution in [2.75, 3.05) is 12.8 Å². The zero-order valence-corrected chi connectivity index (χ0v) is 10.2. The minimum Gasteiger partial charge on any atom is -0.481 e. The van der Waals surface area contributed by atoms with Crippen molar-refractivity contribution in [3.63, 3.8) is 0 Å². The van der Waals surface area contributed by atoms with Crippen LogP contribution in [-0.4, -0.2) is 35.2 Å². The molecule has 15 heavy (non-hydrogen) atoms. The molecule has 0 aliphatic heterocycles. The van der Waals surface area contributed by atoms with E-state index in [1.807, 2.05) is 11.8 Å². The highest BCUT2D eigenvalue weighted by molar-refractivity contribution is 7.99. The average Bonchev–Trinajstić information content (AvgIpc) is 2.24. The second kappa shape index (κ2) is 7.12. The lowest BCUT2D eigenvalue weighted by Gasteiger charge is -2.31. The largest absolute Gasteiger partial charge is 0.481 e. The van der Waals surface area contributed by atoms with Gasteiger partial charge < -0.3 is 10.4 Å². The number of aliphatic carboxylic acids is 1. The third kappa shape index (κ3) is 4.89. The summed E-state index contributed by atoms with van der Waals surface area (Å²) in [5, 5.41) is 12.7. The molecule has 0 amide bonds. The fraction of sp³-hybridized carbons (Fsp3) is 0.909. The molecule has 3 nitrogen and oxygen atoms in total. The number of hydrogen-bond donors (Lipinski definition) is 2. The quantitative estimate of drug-likeness (QED) is 0.687. The summed E-state index contributed by atoms with van der Waals surface area (Å²) >= 11 is 1.94. The Morgan fingerprint density at radius 2 is 2.20 bits per heavy atom. The van der Waals surface area contributed by atoms with Gasteiger partial charge in [0.15, 0.2) is 0 Å². The lowest BCUT2D eigenvalue weighted by atomic mass is 9.95. The van der Waals surface area contributed by atoms with Crippen LogP contribution in [0, 0.1) is 0 Å². The number of carboxylic acid groups (broad SMARTS) is 1. The normalized spacial score (nSPS) is 26.5.